The average molecular weight is 543 g/mol. The van der Waals surface area contributed by atoms with Crippen molar-refractivity contribution in [1.29, 1.82) is 0 Å². The zero-order chi connectivity index (χ0) is 24.4. The normalized spacial score (nSPS) is 15.6. The molecule has 0 bridgehead atoms. The first kappa shape index (κ1) is 24.0. The van der Waals surface area contributed by atoms with Crippen LogP contribution in [0.25, 0.3) is 6.08 Å². The van der Waals surface area contributed by atoms with Crippen molar-refractivity contribution in [3.8, 4) is 11.5 Å². The molecule has 2 heterocycles. The number of rotatable bonds is 6. The van der Waals surface area contributed by atoms with Crippen LogP contribution in [0, 0.1) is 0 Å². The van der Waals surface area contributed by atoms with Gasteiger partial charge in [-0.05, 0) is 59.6 Å². The third-order valence-corrected chi connectivity index (χ3v) is 7.04. The predicted octanol–water partition coefficient (Wildman–Crippen LogP) is 3.58. The fourth-order valence-corrected chi connectivity index (χ4v) is 5.48. The summed E-state index contributed by atoms with van der Waals surface area (Å²) >= 11 is 4.78. The van der Waals surface area contributed by atoms with Crippen molar-refractivity contribution in [3.05, 3.63) is 89.0 Å². The summed E-state index contributed by atoms with van der Waals surface area (Å²) < 4.78 is 18.9. The standard InChI is InChI=1S/C25H23BrN2O5S/c1-5-33-24(30)21-14(2)27-25-28(22(21)16-10-11-19(32-4)17(26)12-16)23(29)20(34-25)13-15-8-6-7-9-18(15)31-3/h6-13,22H,5H2,1-4H3/b20-13+/t22-/m1/s1. The Morgan fingerprint density at radius 1 is 1.18 bits per heavy atom. The molecule has 1 aliphatic heterocycles. The lowest BCUT2D eigenvalue weighted by Gasteiger charge is -2.25. The maximum absolute atomic E-state index is 13.7. The largest absolute Gasteiger partial charge is 0.496 e. The number of fused-ring (bicyclic) bond motifs is 1. The molecule has 0 fully saturated rings. The van der Waals surface area contributed by atoms with Crippen molar-refractivity contribution < 1.29 is 19.0 Å². The van der Waals surface area contributed by atoms with Gasteiger partial charge in [0.25, 0.3) is 5.56 Å². The smallest absolute Gasteiger partial charge is 0.338 e. The highest BCUT2D eigenvalue weighted by Crippen LogP contribution is 2.35. The molecule has 3 aromatic rings. The van der Waals surface area contributed by atoms with Gasteiger partial charge in [0, 0.05) is 5.56 Å². The number of methoxy groups -OCH3 is 2. The van der Waals surface area contributed by atoms with Gasteiger partial charge in [-0.25, -0.2) is 9.79 Å². The van der Waals surface area contributed by atoms with Gasteiger partial charge in [0.1, 0.15) is 11.5 Å². The first-order valence-corrected chi connectivity index (χ1v) is 12.2. The predicted molar refractivity (Wildman–Crippen MR) is 134 cm³/mol. The van der Waals surface area contributed by atoms with E-state index in [1.54, 1.807) is 44.8 Å². The summed E-state index contributed by atoms with van der Waals surface area (Å²) in [5.41, 5.74) is 2.10. The van der Waals surface area contributed by atoms with Crippen LogP contribution >= 0.6 is 27.3 Å². The second-order valence-corrected chi connectivity index (χ2v) is 9.30. The van der Waals surface area contributed by atoms with Gasteiger partial charge < -0.3 is 14.2 Å². The lowest BCUT2D eigenvalue weighted by molar-refractivity contribution is -0.139. The number of carbonyl (C=O) groups is 1. The molecule has 176 valence electrons. The lowest BCUT2D eigenvalue weighted by Crippen LogP contribution is -2.40. The van der Waals surface area contributed by atoms with E-state index in [4.69, 9.17) is 14.2 Å². The van der Waals surface area contributed by atoms with Crippen LogP contribution in [-0.2, 0) is 9.53 Å². The van der Waals surface area contributed by atoms with Crippen molar-refractivity contribution in [2.45, 2.75) is 19.9 Å². The monoisotopic (exact) mass is 542 g/mol. The Hall–Kier alpha value is -3.17. The topological polar surface area (TPSA) is 79.1 Å². The molecule has 9 heteroatoms. The molecule has 7 nitrogen and oxygen atoms in total. The quantitative estimate of drug-likeness (QED) is 0.445. The Morgan fingerprint density at radius 3 is 2.59 bits per heavy atom. The van der Waals surface area contributed by atoms with Gasteiger partial charge in [0.05, 0.1) is 47.1 Å². The molecule has 0 amide bonds. The van der Waals surface area contributed by atoms with E-state index in [1.807, 2.05) is 36.4 Å². The Kier molecular flexibility index (Phi) is 7.04. The van der Waals surface area contributed by atoms with E-state index in [0.717, 1.165) is 11.1 Å². The molecule has 2 aromatic carbocycles. The van der Waals surface area contributed by atoms with Crippen LogP contribution in [0.5, 0.6) is 11.5 Å². The van der Waals surface area contributed by atoms with E-state index >= 15 is 0 Å². The summed E-state index contributed by atoms with van der Waals surface area (Å²) in [5, 5.41) is 0. The summed E-state index contributed by atoms with van der Waals surface area (Å²) in [6, 6.07) is 12.2. The number of nitrogens with zero attached hydrogens (tertiary/aromatic N) is 2. The summed E-state index contributed by atoms with van der Waals surface area (Å²) in [7, 11) is 3.17. The van der Waals surface area contributed by atoms with Gasteiger partial charge in [-0.3, -0.25) is 9.36 Å². The van der Waals surface area contributed by atoms with Crippen LogP contribution in [-0.4, -0.2) is 31.4 Å². The number of hydrogen-bond acceptors (Lipinski definition) is 7. The minimum atomic E-state index is -0.697. The molecule has 0 radical (unpaired) electrons. The minimum absolute atomic E-state index is 0.215. The number of esters is 1. The fraction of sp³-hybridized carbons (Fsp3) is 0.240. The summed E-state index contributed by atoms with van der Waals surface area (Å²) in [4.78, 5) is 31.8. The first-order chi connectivity index (χ1) is 16.4. The van der Waals surface area contributed by atoms with E-state index < -0.39 is 12.0 Å². The summed E-state index contributed by atoms with van der Waals surface area (Å²) in [6.45, 7) is 3.72. The maximum Gasteiger partial charge on any atom is 0.338 e. The van der Waals surface area contributed by atoms with Crippen LogP contribution < -0.4 is 24.4 Å². The second kappa shape index (κ2) is 9.99. The second-order valence-electron chi connectivity index (χ2n) is 7.44. The number of carbonyl (C=O) groups excluding carboxylic acids is 1. The van der Waals surface area contributed by atoms with Crippen molar-refractivity contribution in [2.75, 3.05) is 20.8 Å². The average Bonchev–Trinajstić information content (AvgIpc) is 3.13. The highest BCUT2D eigenvalue weighted by molar-refractivity contribution is 9.10. The maximum atomic E-state index is 13.7. The molecule has 1 aromatic heterocycles. The highest BCUT2D eigenvalue weighted by Gasteiger charge is 2.33. The van der Waals surface area contributed by atoms with Crippen molar-refractivity contribution >= 4 is 39.3 Å². The van der Waals surface area contributed by atoms with Crippen LogP contribution in [0.1, 0.15) is 31.0 Å². The van der Waals surface area contributed by atoms with Crippen molar-refractivity contribution in [1.82, 2.24) is 4.57 Å². The number of allylic oxidation sites excluding steroid dienone is 1. The molecule has 0 aliphatic carbocycles. The molecule has 1 aliphatic rings. The lowest BCUT2D eigenvalue weighted by atomic mass is 9.96. The van der Waals surface area contributed by atoms with Crippen LogP contribution in [0.4, 0.5) is 0 Å². The molecule has 1 atom stereocenters. The van der Waals surface area contributed by atoms with Gasteiger partial charge in [0.15, 0.2) is 4.80 Å². The molecule has 4 rings (SSSR count). The zero-order valence-corrected chi connectivity index (χ0v) is 21.5. The summed E-state index contributed by atoms with van der Waals surface area (Å²) in [5.74, 6) is 0.803. The molecular formula is C25H23BrN2O5S. The van der Waals surface area contributed by atoms with Gasteiger partial charge in [-0.1, -0.05) is 35.6 Å². The number of para-hydroxylation sites is 1. The van der Waals surface area contributed by atoms with E-state index in [1.165, 1.54) is 11.3 Å². The third-order valence-electron chi connectivity index (χ3n) is 5.43. The number of thiazole rings is 1. The zero-order valence-electron chi connectivity index (χ0n) is 19.1. The minimum Gasteiger partial charge on any atom is -0.496 e. The van der Waals surface area contributed by atoms with Crippen LogP contribution in [0.3, 0.4) is 0 Å². The molecular weight excluding hydrogens is 520 g/mol. The number of ether oxygens (including phenoxy) is 3. The number of benzene rings is 2. The Labute approximate surface area is 208 Å². The van der Waals surface area contributed by atoms with E-state index in [-0.39, 0.29) is 12.2 Å². The SMILES string of the molecule is CCOC(=O)C1=C(C)N=c2s/c(=C/c3ccccc3OC)c(=O)n2[C@@H]1c1ccc(OC)c(Br)c1. The fourth-order valence-electron chi connectivity index (χ4n) is 3.89. The van der Waals surface area contributed by atoms with E-state index in [9.17, 15) is 9.59 Å². The third kappa shape index (κ3) is 4.33. The van der Waals surface area contributed by atoms with E-state index in [2.05, 4.69) is 20.9 Å². The molecule has 34 heavy (non-hydrogen) atoms. The van der Waals surface area contributed by atoms with Gasteiger partial charge in [-0.15, -0.1) is 0 Å². The van der Waals surface area contributed by atoms with Crippen molar-refractivity contribution in [2.24, 2.45) is 4.99 Å². The Balaban J connectivity index is 1.98. The van der Waals surface area contributed by atoms with Crippen molar-refractivity contribution in [3.63, 3.8) is 0 Å². The van der Waals surface area contributed by atoms with Crippen LogP contribution in [0.2, 0.25) is 0 Å². The molecule has 0 saturated carbocycles. The van der Waals surface area contributed by atoms with E-state index in [0.29, 0.717) is 36.6 Å². The van der Waals surface area contributed by atoms with Crippen LogP contribution in [0.15, 0.2) is 68.0 Å². The van der Waals surface area contributed by atoms with Gasteiger partial charge in [0.2, 0.25) is 0 Å². The Morgan fingerprint density at radius 2 is 1.91 bits per heavy atom. The number of halogens is 1. The number of hydrogen-bond donors (Lipinski definition) is 0. The molecule has 0 unspecified atom stereocenters. The summed E-state index contributed by atoms with van der Waals surface area (Å²) in [6.07, 6.45) is 1.78. The molecule has 0 N–H and O–H groups in total. The molecule has 0 saturated heterocycles. The highest BCUT2D eigenvalue weighted by atomic mass is 79.9. The molecule has 0 spiro atoms. The Bertz CT molecular complexity index is 1470. The van der Waals surface area contributed by atoms with Gasteiger partial charge in [-0.2, -0.15) is 0 Å². The van der Waals surface area contributed by atoms with Gasteiger partial charge >= 0.3 is 5.97 Å². The first-order valence-electron chi connectivity index (χ1n) is 10.6. The number of aromatic nitrogens is 1.